The summed E-state index contributed by atoms with van der Waals surface area (Å²) in [4.78, 5) is 20.8. The summed E-state index contributed by atoms with van der Waals surface area (Å²) in [6, 6.07) is -1.18. The molecule has 15 heavy (non-hydrogen) atoms. The average Bonchev–Trinajstić information content (AvgIpc) is 2.00. The molecule has 4 N–H and O–H groups in total. The van der Waals surface area contributed by atoms with Crippen LogP contribution in [0.3, 0.4) is 0 Å². The summed E-state index contributed by atoms with van der Waals surface area (Å²) < 4.78 is 34.9. The van der Waals surface area contributed by atoms with Crippen LogP contribution >= 0.6 is 0 Å². The molecule has 0 unspecified atom stereocenters. The van der Waals surface area contributed by atoms with Crippen molar-refractivity contribution >= 4 is 11.9 Å². The summed E-state index contributed by atoms with van der Waals surface area (Å²) in [7, 11) is 0. The third-order valence-corrected chi connectivity index (χ3v) is 1.46. The fourth-order valence-corrected chi connectivity index (χ4v) is 0.735. The number of carbonyl (C=O) groups excluding carboxylic acids is 1. The minimum absolute atomic E-state index is 0.112. The topological polar surface area (TPSA) is 92.4 Å². The molecule has 88 valence electrons. The minimum atomic E-state index is -4.56. The van der Waals surface area contributed by atoms with Crippen molar-refractivity contribution in [2.45, 2.75) is 25.1 Å². The number of halogens is 3. The molecule has 0 aliphatic rings. The Morgan fingerprint density at radius 1 is 1.40 bits per heavy atom. The van der Waals surface area contributed by atoms with Gasteiger partial charge in [0, 0.05) is 6.54 Å². The highest BCUT2D eigenvalue weighted by Crippen LogP contribution is 2.18. The normalized spacial score (nSPS) is 13.3. The van der Waals surface area contributed by atoms with E-state index >= 15 is 0 Å². The molecule has 0 rings (SSSR count). The number of aliphatic carboxylic acids is 1. The van der Waals surface area contributed by atoms with Gasteiger partial charge in [0.05, 0.1) is 0 Å². The molecule has 0 aliphatic carbocycles. The third-order valence-electron chi connectivity index (χ3n) is 1.46. The lowest BCUT2D eigenvalue weighted by atomic mass is 10.2. The first-order valence-corrected chi connectivity index (χ1v) is 4.04. The molecule has 0 spiro atoms. The number of alkyl halides is 3. The number of nitrogens with two attached hydrogens (primary N) is 1. The molecule has 5 nitrogen and oxygen atoms in total. The van der Waals surface area contributed by atoms with E-state index in [2.05, 4.69) is 0 Å². The van der Waals surface area contributed by atoms with Crippen molar-refractivity contribution < 1.29 is 27.9 Å². The van der Waals surface area contributed by atoms with Crippen LogP contribution in [0.4, 0.5) is 13.2 Å². The van der Waals surface area contributed by atoms with Gasteiger partial charge in [0.1, 0.15) is 12.5 Å². The third kappa shape index (κ3) is 7.74. The van der Waals surface area contributed by atoms with Crippen LogP contribution in [0.2, 0.25) is 0 Å². The molecule has 8 heteroatoms. The zero-order valence-corrected chi connectivity index (χ0v) is 7.67. The number of amides is 1. The Morgan fingerprint density at radius 2 is 1.93 bits per heavy atom. The Morgan fingerprint density at radius 3 is 2.33 bits per heavy atom. The van der Waals surface area contributed by atoms with Crippen molar-refractivity contribution in [1.29, 1.82) is 0 Å². The van der Waals surface area contributed by atoms with Crippen molar-refractivity contribution in [2.24, 2.45) is 5.73 Å². The van der Waals surface area contributed by atoms with Crippen LogP contribution < -0.4 is 11.1 Å². The van der Waals surface area contributed by atoms with Gasteiger partial charge in [0.2, 0.25) is 5.91 Å². The first-order valence-electron chi connectivity index (χ1n) is 4.04. The van der Waals surface area contributed by atoms with Gasteiger partial charge in [-0.1, -0.05) is 0 Å². The van der Waals surface area contributed by atoms with Crippen molar-refractivity contribution in [3.05, 3.63) is 0 Å². The molecule has 0 aromatic heterocycles. The highest BCUT2D eigenvalue weighted by molar-refractivity contribution is 5.77. The fraction of sp³-hybridized carbons (Fsp3) is 0.714. The van der Waals surface area contributed by atoms with Crippen LogP contribution in [0, 0.1) is 0 Å². The average molecular weight is 228 g/mol. The van der Waals surface area contributed by atoms with E-state index in [4.69, 9.17) is 10.8 Å². The molecule has 0 heterocycles. The maximum atomic E-state index is 11.6. The smallest absolute Gasteiger partial charge is 0.397 e. The molecule has 0 aliphatic heterocycles. The van der Waals surface area contributed by atoms with Crippen LogP contribution in [0.15, 0.2) is 0 Å². The zero-order chi connectivity index (χ0) is 12.1. The predicted octanol–water partition coefficient (Wildman–Crippen LogP) is -0.143. The van der Waals surface area contributed by atoms with Gasteiger partial charge in [-0.3, -0.25) is 9.59 Å². The number of rotatable bonds is 5. The molecule has 0 saturated heterocycles. The van der Waals surface area contributed by atoms with E-state index in [-0.39, 0.29) is 13.0 Å². The number of hydrogen-bond acceptors (Lipinski definition) is 3. The number of carboxylic acid groups (broad SMARTS) is 1. The van der Waals surface area contributed by atoms with Crippen molar-refractivity contribution in [3.63, 3.8) is 0 Å². The zero-order valence-electron chi connectivity index (χ0n) is 7.67. The SMILES string of the molecule is N[C@@H](CCNC(=O)CC(F)(F)F)C(=O)O. The maximum Gasteiger partial charge on any atom is 0.397 e. The van der Waals surface area contributed by atoms with Gasteiger partial charge in [-0.05, 0) is 6.42 Å². The summed E-state index contributed by atoms with van der Waals surface area (Å²) in [5, 5.41) is 10.2. The lowest BCUT2D eigenvalue weighted by molar-refractivity contribution is -0.154. The Hall–Kier alpha value is -1.31. The van der Waals surface area contributed by atoms with E-state index in [1.165, 1.54) is 0 Å². The molecular weight excluding hydrogens is 217 g/mol. The quantitative estimate of drug-likeness (QED) is 0.610. The number of hydrogen-bond donors (Lipinski definition) is 3. The molecule has 0 radical (unpaired) electrons. The summed E-state index contributed by atoms with van der Waals surface area (Å²) in [5.74, 6) is -2.46. The second-order valence-electron chi connectivity index (χ2n) is 2.88. The fourth-order valence-electron chi connectivity index (χ4n) is 0.735. The van der Waals surface area contributed by atoms with Gasteiger partial charge in [0.25, 0.3) is 0 Å². The monoisotopic (exact) mass is 228 g/mol. The lowest BCUT2D eigenvalue weighted by Gasteiger charge is -2.09. The Bertz CT molecular complexity index is 242. The lowest BCUT2D eigenvalue weighted by Crippen LogP contribution is -2.36. The van der Waals surface area contributed by atoms with E-state index in [0.29, 0.717) is 0 Å². The van der Waals surface area contributed by atoms with Gasteiger partial charge < -0.3 is 16.2 Å². The van der Waals surface area contributed by atoms with Crippen molar-refractivity contribution in [1.82, 2.24) is 5.32 Å². The first-order chi connectivity index (χ1) is 6.72. The second-order valence-corrected chi connectivity index (χ2v) is 2.88. The maximum absolute atomic E-state index is 11.6. The Labute approximate surface area is 83.4 Å². The van der Waals surface area contributed by atoms with E-state index in [1.807, 2.05) is 5.32 Å². The van der Waals surface area contributed by atoms with Crippen LogP contribution in [0.25, 0.3) is 0 Å². The molecule has 0 aromatic carbocycles. The van der Waals surface area contributed by atoms with Gasteiger partial charge in [-0.15, -0.1) is 0 Å². The highest BCUT2D eigenvalue weighted by Gasteiger charge is 2.30. The minimum Gasteiger partial charge on any atom is -0.480 e. The summed E-state index contributed by atoms with van der Waals surface area (Å²) in [6.45, 7) is -0.192. The molecular formula is C7H11F3N2O3. The van der Waals surface area contributed by atoms with E-state index in [9.17, 15) is 22.8 Å². The van der Waals surface area contributed by atoms with E-state index in [0.717, 1.165) is 0 Å². The van der Waals surface area contributed by atoms with Gasteiger partial charge in [0.15, 0.2) is 0 Å². The predicted molar refractivity (Wildman–Crippen MR) is 43.9 cm³/mol. The summed E-state index contributed by atoms with van der Waals surface area (Å²) >= 11 is 0. The number of carbonyl (C=O) groups is 2. The van der Waals surface area contributed by atoms with Crippen molar-refractivity contribution in [2.75, 3.05) is 6.54 Å². The van der Waals surface area contributed by atoms with Crippen molar-refractivity contribution in [3.8, 4) is 0 Å². The largest absolute Gasteiger partial charge is 0.480 e. The molecule has 0 bridgehead atoms. The van der Waals surface area contributed by atoms with Gasteiger partial charge >= 0.3 is 12.1 Å². The first kappa shape index (κ1) is 13.7. The standard InChI is InChI=1S/C7H11F3N2O3/c8-7(9,10)3-5(13)12-2-1-4(11)6(14)15/h4H,1-3,11H2,(H,12,13)(H,14,15)/t4-/m0/s1. The van der Waals surface area contributed by atoms with E-state index < -0.39 is 30.5 Å². The van der Waals surface area contributed by atoms with E-state index in [1.54, 1.807) is 0 Å². The van der Waals surface area contributed by atoms with Gasteiger partial charge in [-0.2, -0.15) is 13.2 Å². The summed E-state index contributed by atoms with van der Waals surface area (Å²) in [5.41, 5.74) is 5.06. The molecule has 1 atom stereocenters. The molecule has 0 saturated carbocycles. The van der Waals surface area contributed by atoms with Crippen LogP contribution in [-0.2, 0) is 9.59 Å². The Kier molecular flexibility index (Phi) is 5.06. The number of nitrogens with one attached hydrogen (secondary N) is 1. The second kappa shape index (κ2) is 5.54. The number of carboxylic acids is 1. The van der Waals surface area contributed by atoms with Gasteiger partial charge in [-0.25, -0.2) is 0 Å². The van der Waals surface area contributed by atoms with Crippen LogP contribution in [0.5, 0.6) is 0 Å². The Balaban J connectivity index is 3.69. The van der Waals surface area contributed by atoms with Crippen LogP contribution in [-0.4, -0.2) is 35.7 Å². The highest BCUT2D eigenvalue weighted by atomic mass is 19.4. The molecule has 1 amide bonds. The molecule has 0 fully saturated rings. The summed E-state index contributed by atoms with van der Waals surface area (Å²) in [6.07, 6.45) is -6.24. The molecule has 0 aromatic rings. The van der Waals surface area contributed by atoms with Crippen LogP contribution in [0.1, 0.15) is 12.8 Å².